The van der Waals surface area contributed by atoms with Gasteiger partial charge in [-0.25, -0.2) is 4.79 Å². The minimum absolute atomic E-state index is 0.0691. The van der Waals surface area contributed by atoms with Crippen LogP contribution in [-0.4, -0.2) is 64.2 Å². The Labute approximate surface area is 210 Å². The molecule has 1 saturated heterocycles. The summed E-state index contributed by atoms with van der Waals surface area (Å²) in [5.41, 5.74) is 3.37. The summed E-state index contributed by atoms with van der Waals surface area (Å²) >= 11 is 1.65. The molecule has 0 radical (unpaired) electrons. The molecule has 35 heavy (non-hydrogen) atoms. The third-order valence-electron chi connectivity index (χ3n) is 6.84. The van der Waals surface area contributed by atoms with E-state index in [2.05, 4.69) is 29.6 Å². The first-order chi connectivity index (χ1) is 16.8. The molecule has 2 aromatic rings. The second kappa shape index (κ2) is 10.7. The Hall–Kier alpha value is -3.00. The minimum atomic E-state index is -1.17. The Morgan fingerprint density at radius 3 is 2.34 bits per heavy atom. The van der Waals surface area contributed by atoms with Gasteiger partial charge in [-0.2, -0.15) is 11.8 Å². The molecule has 0 spiro atoms. The topological polar surface area (TPSA) is 95.9 Å². The number of nitrogens with zero attached hydrogens (tertiary/aromatic N) is 1. The van der Waals surface area contributed by atoms with Gasteiger partial charge in [-0.05, 0) is 35.6 Å². The molecule has 2 atom stereocenters. The van der Waals surface area contributed by atoms with Crippen molar-refractivity contribution in [2.24, 2.45) is 0 Å². The minimum Gasteiger partial charge on any atom is -0.481 e. The Kier molecular flexibility index (Phi) is 7.69. The van der Waals surface area contributed by atoms with E-state index in [1.807, 2.05) is 31.2 Å². The molecule has 0 aromatic heterocycles. The van der Waals surface area contributed by atoms with Gasteiger partial charge in [-0.15, -0.1) is 0 Å². The zero-order valence-corrected chi connectivity index (χ0v) is 21.0. The molecule has 7 nitrogen and oxygen atoms in total. The molecule has 1 fully saturated rings. The summed E-state index contributed by atoms with van der Waals surface area (Å²) in [6.45, 7) is 4.29. The summed E-state index contributed by atoms with van der Waals surface area (Å²) in [7, 11) is 0. The number of hydrogen-bond donors (Lipinski definition) is 2. The normalized spacial score (nSPS) is 18.8. The number of carbonyl (C=O) groups excluding carboxylic acids is 2. The average Bonchev–Trinajstić information content (AvgIpc) is 3.16. The van der Waals surface area contributed by atoms with Crippen LogP contribution in [0.5, 0.6) is 0 Å². The molecule has 2 aromatic carbocycles. The predicted octanol–water partition coefficient (Wildman–Crippen LogP) is 4.50. The molecule has 4 rings (SSSR count). The Morgan fingerprint density at radius 2 is 1.74 bits per heavy atom. The molecule has 2 amide bonds. The smallest absolute Gasteiger partial charge is 0.408 e. The van der Waals surface area contributed by atoms with E-state index in [4.69, 9.17) is 4.74 Å². The highest BCUT2D eigenvalue weighted by Crippen LogP contribution is 2.44. The number of carboxylic acid groups (broad SMARTS) is 1. The number of alkyl carbamates (subject to hydrolysis) is 1. The summed E-state index contributed by atoms with van der Waals surface area (Å²) in [5, 5.41) is 12.1. The van der Waals surface area contributed by atoms with Gasteiger partial charge in [-0.3, -0.25) is 9.59 Å². The quantitative estimate of drug-likeness (QED) is 0.559. The summed E-state index contributed by atoms with van der Waals surface area (Å²) in [6.07, 6.45) is 0.362. The number of carbonyl (C=O) groups is 3. The predicted molar refractivity (Wildman–Crippen MR) is 137 cm³/mol. The van der Waals surface area contributed by atoms with Gasteiger partial charge in [0.25, 0.3) is 0 Å². The molecular weight excluding hydrogens is 464 g/mol. The van der Waals surface area contributed by atoms with Crippen molar-refractivity contribution in [3.63, 3.8) is 0 Å². The van der Waals surface area contributed by atoms with Crippen LogP contribution in [0.15, 0.2) is 48.5 Å². The first-order valence-corrected chi connectivity index (χ1v) is 13.2. The molecule has 0 bridgehead atoms. The van der Waals surface area contributed by atoms with Crippen molar-refractivity contribution < 1.29 is 24.2 Å². The van der Waals surface area contributed by atoms with Crippen molar-refractivity contribution in [1.29, 1.82) is 0 Å². The van der Waals surface area contributed by atoms with Crippen LogP contribution in [0.4, 0.5) is 4.79 Å². The Morgan fingerprint density at radius 1 is 1.11 bits per heavy atom. The van der Waals surface area contributed by atoms with Crippen LogP contribution in [0, 0.1) is 0 Å². The van der Waals surface area contributed by atoms with E-state index in [0.29, 0.717) is 25.1 Å². The summed E-state index contributed by atoms with van der Waals surface area (Å²) in [5.74, 6) is 0.0666. The first-order valence-electron chi connectivity index (χ1n) is 12.1. The van der Waals surface area contributed by atoms with Crippen molar-refractivity contribution in [1.82, 2.24) is 10.2 Å². The Balaban J connectivity index is 1.46. The number of aliphatic carboxylic acids is 1. The van der Waals surface area contributed by atoms with Crippen molar-refractivity contribution >= 4 is 29.7 Å². The van der Waals surface area contributed by atoms with E-state index in [9.17, 15) is 19.5 Å². The standard InChI is InChI=1S/C27H32N2O5S/c1-3-12-27(2,25(32)29-13-14-35-17-18(29)15-24(30)31)28-26(33)34-16-23-21-10-6-4-8-19(21)20-9-5-7-11-22(20)23/h4-11,18,23H,3,12-17H2,1-2H3,(H,28,33)(H,30,31). The number of nitrogens with one attached hydrogen (secondary N) is 1. The maximum atomic E-state index is 13.6. The lowest BCUT2D eigenvalue weighted by molar-refractivity contribution is -0.143. The maximum Gasteiger partial charge on any atom is 0.408 e. The van der Waals surface area contributed by atoms with Gasteiger partial charge in [0, 0.05) is 24.0 Å². The van der Waals surface area contributed by atoms with E-state index in [0.717, 1.165) is 28.0 Å². The van der Waals surface area contributed by atoms with Crippen LogP contribution in [-0.2, 0) is 14.3 Å². The summed E-state index contributed by atoms with van der Waals surface area (Å²) < 4.78 is 5.69. The number of thioether (sulfide) groups is 1. The van der Waals surface area contributed by atoms with E-state index in [1.165, 1.54) is 0 Å². The monoisotopic (exact) mass is 496 g/mol. The van der Waals surface area contributed by atoms with Gasteiger partial charge in [0.05, 0.1) is 12.5 Å². The molecule has 1 heterocycles. The fourth-order valence-electron chi connectivity index (χ4n) is 5.19. The van der Waals surface area contributed by atoms with Gasteiger partial charge in [0.2, 0.25) is 5.91 Å². The van der Waals surface area contributed by atoms with E-state index < -0.39 is 17.6 Å². The fraction of sp³-hybridized carbons (Fsp3) is 0.444. The molecule has 2 unspecified atom stereocenters. The van der Waals surface area contributed by atoms with E-state index in [-0.39, 0.29) is 30.9 Å². The van der Waals surface area contributed by atoms with Gasteiger partial charge in [-0.1, -0.05) is 61.9 Å². The van der Waals surface area contributed by atoms with Crippen LogP contribution in [0.25, 0.3) is 11.1 Å². The molecule has 186 valence electrons. The van der Waals surface area contributed by atoms with Gasteiger partial charge in [0.1, 0.15) is 12.1 Å². The number of fused-ring (bicyclic) bond motifs is 3. The highest BCUT2D eigenvalue weighted by Gasteiger charge is 2.42. The molecule has 8 heteroatoms. The lowest BCUT2D eigenvalue weighted by Crippen LogP contribution is -2.61. The second-order valence-electron chi connectivity index (χ2n) is 9.36. The zero-order valence-electron chi connectivity index (χ0n) is 20.2. The highest BCUT2D eigenvalue weighted by molar-refractivity contribution is 7.99. The third kappa shape index (κ3) is 5.32. The van der Waals surface area contributed by atoms with Crippen molar-refractivity contribution in [3.8, 4) is 11.1 Å². The lowest BCUT2D eigenvalue weighted by atomic mass is 9.93. The number of benzene rings is 2. The van der Waals surface area contributed by atoms with Crippen LogP contribution in [0.3, 0.4) is 0 Å². The molecular formula is C27H32N2O5S. The number of carboxylic acids is 1. The van der Waals surface area contributed by atoms with Crippen molar-refractivity contribution in [2.45, 2.75) is 50.6 Å². The zero-order chi connectivity index (χ0) is 25.0. The molecule has 2 N–H and O–H groups in total. The molecule has 1 aliphatic heterocycles. The van der Waals surface area contributed by atoms with Crippen molar-refractivity contribution in [3.05, 3.63) is 59.7 Å². The Bertz CT molecular complexity index is 1060. The van der Waals surface area contributed by atoms with Gasteiger partial charge in [0.15, 0.2) is 0 Å². The molecule has 1 aliphatic carbocycles. The van der Waals surface area contributed by atoms with Gasteiger partial charge < -0.3 is 20.1 Å². The average molecular weight is 497 g/mol. The van der Waals surface area contributed by atoms with Crippen LogP contribution >= 0.6 is 11.8 Å². The maximum absolute atomic E-state index is 13.6. The van der Waals surface area contributed by atoms with Crippen LogP contribution in [0.1, 0.15) is 50.2 Å². The summed E-state index contributed by atoms with van der Waals surface area (Å²) in [6, 6.07) is 15.9. The van der Waals surface area contributed by atoms with Crippen LogP contribution in [0.2, 0.25) is 0 Å². The largest absolute Gasteiger partial charge is 0.481 e. The molecule has 2 aliphatic rings. The third-order valence-corrected chi connectivity index (χ3v) is 7.93. The van der Waals surface area contributed by atoms with E-state index in [1.54, 1.807) is 23.6 Å². The second-order valence-corrected chi connectivity index (χ2v) is 10.5. The lowest BCUT2D eigenvalue weighted by Gasteiger charge is -2.41. The fourth-order valence-corrected chi connectivity index (χ4v) is 6.25. The van der Waals surface area contributed by atoms with E-state index >= 15 is 0 Å². The highest BCUT2D eigenvalue weighted by atomic mass is 32.2. The SMILES string of the molecule is CCCC(C)(NC(=O)OCC1c2ccccc2-c2ccccc21)C(=O)N1CCSCC1CC(=O)O. The summed E-state index contributed by atoms with van der Waals surface area (Å²) in [4.78, 5) is 39.5. The molecule has 0 saturated carbocycles. The van der Waals surface area contributed by atoms with Crippen LogP contribution < -0.4 is 5.32 Å². The number of hydrogen-bond acceptors (Lipinski definition) is 5. The number of amides is 2. The van der Waals surface area contributed by atoms with Gasteiger partial charge >= 0.3 is 12.1 Å². The number of ether oxygens (including phenoxy) is 1. The van der Waals surface area contributed by atoms with Crippen molar-refractivity contribution in [2.75, 3.05) is 24.7 Å². The first kappa shape index (κ1) is 25.1. The number of rotatable bonds is 8.